The predicted octanol–water partition coefficient (Wildman–Crippen LogP) is -3.37. The molecule has 0 fully saturated rings. The van der Waals surface area contributed by atoms with Crippen LogP contribution in [0.15, 0.2) is 0 Å². The summed E-state index contributed by atoms with van der Waals surface area (Å²) in [6.07, 6.45) is -1.17. The third kappa shape index (κ3) is 10.7. The predicted molar refractivity (Wildman–Crippen MR) is 109 cm³/mol. The number of primary amides is 1. The molecule has 0 heterocycles. The maximum atomic E-state index is 12.6. The summed E-state index contributed by atoms with van der Waals surface area (Å²) in [6.45, 7) is 2.22. The van der Waals surface area contributed by atoms with Crippen LogP contribution in [0.5, 0.6) is 0 Å². The first-order valence-electron chi connectivity index (χ1n) is 9.80. The lowest BCUT2D eigenvalue weighted by Gasteiger charge is -2.25. The van der Waals surface area contributed by atoms with E-state index in [-0.39, 0.29) is 25.7 Å². The molecule has 0 radical (unpaired) electrons. The molecule has 0 saturated heterocycles. The molecule has 0 bridgehead atoms. The fourth-order valence-corrected chi connectivity index (χ4v) is 2.48. The van der Waals surface area contributed by atoms with E-state index in [1.807, 2.05) is 0 Å². The molecule has 14 nitrogen and oxygen atoms in total. The molecule has 4 amide bonds. The summed E-state index contributed by atoms with van der Waals surface area (Å²) < 4.78 is 0. The maximum Gasteiger partial charge on any atom is 0.326 e. The van der Waals surface area contributed by atoms with Crippen LogP contribution in [-0.2, 0) is 28.8 Å². The van der Waals surface area contributed by atoms with Crippen molar-refractivity contribution in [3.63, 3.8) is 0 Å². The van der Waals surface area contributed by atoms with Crippen LogP contribution in [0.3, 0.4) is 0 Å². The quantitative estimate of drug-likeness (QED) is 0.120. The van der Waals surface area contributed by atoms with E-state index in [1.165, 1.54) is 0 Å². The number of rotatable bonds is 15. The van der Waals surface area contributed by atoms with Crippen molar-refractivity contribution in [1.29, 1.82) is 0 Å². The van der Waals surface area contributed by atoms with Gasteiger partial charge in [0.15, 0.2) is 0 Å². The van der Waals surface area contributed by atoms with Crippen LogP contribution in [0, 0.1) is 5.92 Å². The Morgan fingerprint density at radius 1 is 0.812 bits per heavy atom. The summed E-state index contributed by atoms with van der Waals surface area (Å²) in [7, 11) is 0. The average Bonchev–Trinajstić information content (AvgIpc) is 2.69. The lowest BCUT2D eigenvalue weighted by atomic mass is 10.0. The first-order valence-corrected chi connectivity index (χ1v) is 9.80. The van der Waals surface area contributed by atoms with E-state index in [2.05, 4.69) is 16.0 Å². The van der Waals surface area contributed by atoms with Gasteiger partial charge in [-0.2, -0.15) is 0 Å². The van der Waals surface area contributed by atoms with E-state index >= 15 is 0 Å². The SMILES string of the molecule is CC(C)C(NC(=O)C(CO)NC(=O)C(CCC(N)=O)NC(=O)C(N)CCC(=O)O)C(=O)O. The third-order valence-corrected chi connectivity index (χ3v) is 4.36. The first-order chi connectivity index (χ1) is 14.8. The number of aliphatic hydroxyl groups excluding tert-OH is 1. The van der Waals surface area contributed by atoms with Crippen LogP contribution < -0.4 is 27.4 Å². The summed E-state index contributed by atoms with van der Waals surface area (Å²) >= 11 is 0. The van der Waals surface area contributed by atoms with E-state index in [0.717, 1.165) is 0 Å². The number of carbonyl (C=O) groups excluding carboxylic acids is 4. The lowest BCUT2D eigenvalue weighted by molar-refractivity contribution is -0.144. The monoisotopic (exact) mass is 461 g/mol. The Labute approximate surface area is 184 Å². The van der Waals surface area contributed by atoms with Crippen molar-refractivity contribution in [3.8, 4) is 0 Å². The van der Waals surface area contributed by atoms with Gasteiger partial charge in [-0.15, -0.1) is 0 Å². The summed E-state index contributed by atoms with van der Waals surface area (Å²) in [6, 6.07) is -5.45. The molecule has 0 saturated carbocycles. The van der Waals surface area contributed by atoms with Gasteiger partial charge in [0.2, 0.25) is 23.6 Å². The lowest BCUT2D eigenvalue weighted by Crippen LogP contribution is -2.58. The molecule has 4 unspecified atom stereocenters. The highest BCUT2D eigenvalue weighted by Crippen LogP contribution is 2.04. The summed E-state index contributed by atoms with van der Waals surface area (Å²) in [5.74, 6) is -6.54. The molecular weight excluding hydrogens is 430 g/mol. The van der Waals surface area contributed by atoms with Crippen molar-refractivity contribution >= 4 is 35.6 Å². The molecule has 0 rings (SSSR count). The zero-order chi connectivity index (χ0) is 25.0. The number of hydrogen-bond donors (Lipinski definition) is 8. The highest BCUT2D eigenvalue weighted by Gasteiger charge is 2.31. The molecule has 182 valence electrons. The number of aliphatic carboxylic acids is 2. The Morgan fingerprint density at radius 3 is 1.78 bits per heavy atom. The zero-order valence-corrected chi connectivity index (χ0v) is 17.9. The highest BCUT2D eigenvalue weighted by atomic mass is 16.4. The standard InChI is InChI=1S/C18H31N5O9/c1-8(2)14(18(31)32)23-17(30)11(7-24)22-16(29)10(4-5-12(20)25)21-15(28)9(19)3-6-13(26)27/h8-11,14,24H,3-7,19H2,1-2H3,(H2,20,25)(H,21,28)(H,22,29)(H,23,30)(H,26,27)(H,31,32). The van der Waals surface area contributed by atoms with Crippen LogP contribution in [0.4, 0.5) is 0 Å². The van der Waals surface area contributed by atoms with Gasteiger partial charge in [-0.1, -0.05) is 13.8 Å². The second kappa shape index (κ2) is 13.9. The van der Waals surface area contributed by atoms with E-state index in [9.17, 15) is 33.9 Å². The number of carbonyl (C=O) groups is 6. The van der Waals surface area contributed by atoms with Crippen LogP contribution >= 0.6 is 0 Å². The molecule has 4 atom stereocenters. The van der Waals surface area contributed by atoms with Crippen LogP contribution in [0.2, 0.25) is 0 Å². The van der Waals surface area contributed by atoms with Gasteiger partial charge in [0, 0.05) is 12.8 Å². The Balaban J connectivity index is 5.29. The second-order valence-electron chi connectivity index (χ2n) is 7.42. The van der Waals surface area contributed by atoms with Gasteiger partial charge in [-0.05, 0) is 18.8 Å². The Bertz CT molecular complexity index is 713. The molecule has 32 heavy (non-hydrogen) atoms. The first kappa shape index (κ1) is 28.7. The molecule has 0 aromatic heterocycles. The topological polar surface area (TPSA) is 251 Å². The van der Waals surface area contributed by atoms with Crippen LogP contribution in [0.1, 0.15) is 39.5 Å². The Hall–Kier alpha value is -3.26. The maximum absolute atomic E-state index is 12.6. The van der Waals surface area contributed by atoms with E-state index < -0.39 is 72.3 Å². The highest BCUT2D eigenvalue weighted by molar-refractivity contribution is 5.94. The smallest absolute Gasteiger partial charge is 0.326 e. The van der Waals surface area contributed by atoms with E-state index in [4.69, 9.17) is 21.7 Å². The molecule has 0 aliphatic rings. The van der Waals surface area contributed by atoms with Gasteiger partial charge in [0.05, 0.1) is 12.6 Å². The second-order valence-corrected chi connectivity index (χ2v) is 7.42. The van der Waals surface area contributed by atoms with Crippen molar-refractivity contribution in [1.82, 2.24) is 16.0 Å². The molecule has 0 aliphatic carbocycles. The van der Waals surface area contributed by atoms with Crippen molar-refractivity contribution in [3.05, 3.63) is 0 Å². The fraction of sp³-hybridized carbons (Fsp3) is 0.667. The number of hydrogen-bond acceptors (Lipinski definition) is 8. The number of carboxylic acids is 2. The van der Waals surface area contributed by atoms with Crippen molar-refractivity contribution in [2.45, 2.75) is 63.7 Å². The molecular formula is C18H31N5O9. The van der Waals surface area contributed by atoms with Crippen molar-refractivity contribution < 1.29 is 44.1 Å². The molecule has 0 aliphatic heterocycles. The van der Waals surface area contributed by atoms with Crippen LogP contribution in [0.25, 0.3) is 0 Å². The number of nitrogens with two attached hydrogens (primary N) is 2. The van der Waals surface area contributed by atoms with E-state index in [0.29, 0.717) is 0 Å². The Morgan fingerprint density at radius 2 is 1.34 bits per heavy atom. The largest absolute Gasteiger partial charge is 0.481 e. The van der Waals surface area contributed by atoms with Crippen molar-refractivity contribution in [2.75, 3.05) is 6.61 Å². The Kier molecular flexibility index (Phi) is 12.5. The zero-order valence-electron chi connectivity index (χ0n) is 17.9. The van der Waals surface area contributed by atoms with Gasteiger partial charge < -0.3 is 42.7 Å². The number of amides is 4. The van der Waals surface area contributed by atoms with Gasteiger partial charge in [0.25, 0.3) is 0 Å². The minimum Gasteiger partial charge on any atom is -0.481 e. The van der Waals surface area contributed by atoms with Gasteiger partial charge >= 0.3 is 11.9 Å². The summed E-state index contributed by atoms with van der Waals surface area (Å²) in [4.78, 5) is 70.0. The molecule has 0 aromatic rings. The third-order valence-electron chi connectivity index (χ3n) is 4.36. The minimum absolute atomic E-state index is 0.210. The fourth-order valence-electron chi connectivity index (χ4n) is 2.48. The average molecular weight is 461 g/mol. The van der Waals surface area contributed by atoms with Crippen molar-refractivity contribution in [2.24, 2.45) is 17.4 Å². The molecule has 0 spiro atoms. The number of carboxylic acid groups (broad SMARTS) is 2. The van der Waals surface area contributed by atoms with Crippen LogP contribution in [-0.4, -0.2) is 81.7 Å². The molecule has 0 aromatic carbocycles. The van der Waals surface area contributed by atoms with Gasteiger partial charge in [-0.25, -0.2) is 4.79 Å². The molecule has 14 heteroatoms. The minimum atomic E-state index is -1.54. The van der Waals surface area contributed by atoms with E-state index in [1.54, 1.807) is 13.8 Å². The molecule has 10 N–H and O–H groups in total. The summed E-state index contributed by atoms with van der Waals surface area (Å²) in [5.41, 5.74) is 10.7. The van der Waals surface area contributed by atoms with Gasteiger partial charge in [0.1, 0.15) is 18.1 Å². The normalized spacial score (nSPS) is 14.5. The number of nitrogens with one attached hydrogen (secondary N) is 3. The van der Waals surface area contributed by atoms with Gasteiger partial charge in [-0.3, -0.25) is 24.0 Å². The summed E-state index contributed by atoms with van der Waals surface area (Å²) in [5, 5.41) is 33.9. The number of aliphatic hydroxyl groups is 1.